The fourth-order valence-corrected chi connectivity index (χ4v) is 7.68. The number of carbonyl (C=O) groups excluding carboxylic acids is 2. The molecule has 3 aliphatic rings. The summed E-state index contributed by atoms with van der Waals surface area (Å²) in [6.07, 6.45) is 7.05. The van der Waals surface area contributed by atoms with Crippen LogP contribution in [0, 0.1) is 34.0 Å². The van der Waals surface area contributed by atoms with Crippen LogP contribution in [0.3, 0.4) is 0 Å². The van der Waals surface area contributed by atoms with Gasteiger partial charge in [0.15, 0.2) is 6.10 Å². The molecule has 0 amide bonds. The van der Waals surface area contributed by atoms with Gasteiger partial charge in [0, 0.05) is 6.92 Å². The Hall–Kier alpha value is -1.36. The zero-order valence-corrected chi connectivity index (χ0v) is 19.5. The van der Waals surface area contributed by atoms with Crippen LogP contribution in [0.25, 0.3) is 0 Å². The van der Waals surface area contributed by atoms with Gasteiger partial charge in [0.05, 0.1) is 12.5 Å². The largest absolute Gasteiger partial charge is 0.461 e. The SMILES string of the molecule is C=C1CCC2[C@]3(C)CCCC(C)(C)C3CC[C@]2(C)[C@H]1C(=O)OC[C@H](CO)OC(C)=O. The Labute approximate surface area is 181 Å². The minimum absolute atomic E-state index is 0.119. The van der Waals surface area contributed by atoms with Gasteiger partial charge >= 0.3 is 11.9 Å². The highest BCUT2D eigenvalue weighted by Gasteiger charge is 2.62. The predicted molar refractivity (Wildman–Crippen MR) is 116 cm³/mol. The molecular formula is C25H40O5. The summed E-state index contributed by atoms with van der Waals surface area (Å²) in [5.41, 5.74) is 1.38. The van der Waals surface area contributed by atoms with E-state index in [1.165, 1.54) is 26.2 Å². The Bertz CT molecular complexity index is 698. The number of aliphatic hydroxyl groups is 1. The zero-order valence-electron chi connectivity index (χ0n) is 19.5. The highest BCUT2D eigenvalue weighted by atomic mass is 16.6. The van der Waals surface area contributed by atoms with Gasteiger partial charge in [0.25, 0.3) is 0 Å². The van der Waals surface area contributed by atoms with Crippen molar-refractivity contribution < 1.29 is 24.2 Å². The van der Waals surface area contributed by atoms with Crippen LogP contribution in [-0.2, 0) is 19.1 Å². The molecule has 3 aliphatic carbocycles. The second kappa shape index (κ2) is 8.29. The van der Waals surface area contributed by atoms with Gasteiger partial charge in [-0.2, -0.15) is 0 Å². The zero-order chi connectivity index (χ0) is 22.3. The van der Waals surface area contributed by atoms with E-state index < -0.39 is 12.1 Å². The van der Waals surface area contributed by atoms with Gasteiger partial charge in [-0.3, -0.25) is 9.59 Å². The summed E-state index contributed by atoms with van der Waals surface area (Å²) in [5, 5.41) is 9.41. The predicted octanol–water partition coefficient (Wildman–Crippen LogP) is 4.67. The highest BCUT2D eigenvalue weighted by Crippen LogP contribution is 2.69. The van der Waals surface area contributed by atoms with Crippen LogP contribution in [-0.4, -0.2) is 36.4 Å². The van der Waals surface area contributed by atoms with Crippen molar-refractivity contribution >= 4 is 11.9 Å². The van der Waals surface area contributed by atoms with Gasteiger partial charge in [-0.25, -0.2) is 0 Å². The molecule has 0 aromatic rings. The van der Waals surface area contributed by atoms with Gasteiger partial charge in [-0.05, 0) is 66.6 Å². The van der Waals surface area contributed by atoms with Crippen LogP contribution in [0.15, 0.2) is 12.2 Å². The van der Waals surface area contributed by atoms with Crippen LogP contribution >= 0.6 is 0 Å². The van der Waals surface area contributed by atoms with Gasteiger partial charge in [-0.1, -0.05) is 46.3 Å². The first kappa shape index (κ1) is 23.3. The molecule has 0 bridgehead atoms. The quantitative estimate of drug-likeness (QED) is 0.517. The number of aliphatic hydroxyl groups excluding tert-OH is 1. The summed E-state index contributed by atoms with van der Waals surface area (Å²) in [4.78, 5) is 24.4. The van der Waals surface area contributed by atoms with E-state index in [2.05, 4.69) is 34.3 Å². The lowest BCUT2D eigenvalue weighted by Crippen LogP contribution is -2.59. The van der Waals surface area contributed by atoms with Crippen molar-refractivity contribution in [1.29, 1.82) is 0 Å². The molecule has 0 heterocycles. The van der Waals surface area contributed by atoms with Crippen LogP contribution in [0.5, 0.6) is 0 Å². The molecule has 0 aromatic heterocycles. The smallest absolute Gasteiger partial charge is 0.313 e. The minimum Gasteiger partial charge on any atom is -0.461 e. The number of hydrogen-bond acceptors (Lipinski definition) is 5. The van der Waals surface area contributed by atoms with E-state index in [4.69, 9.17) is 9.47 Å². The maximum Gasteiger partial charge on any atom is 0.313 e. The lowest BCUT2D eigenvalue weighted by molar-refractivity contribution is -0.181. The first-order chi connectivity index (χ1) is 14.0. The van der Waals surface area contributed by atoms with E-state index in [1.54, 1.807) is 0 Å². The Morgan fingerprint density at radius 1 is 1.10 bits per heavy atom. The molecule has 3 saturated carbocycles. The normalized spacial score (nSPS) is 38.7. The lowest BCUT2D eigenvalue weighted by Gasteiger charge is -2.65. The Morgan fingerprint density at radius 3 is 2.43 bits per heavy atom. The Balaban J connectivity index is 1.82. The van der Waals surface area contributed by atoms with E-state index in [1.807, 2.05) is 0 Å². The summed E-state index contributed by atoms with van der Waals surface area (Å²) in [6, 6.07) is 0. The second-order valence-corrected chi connectivity index (χ2v) is 11.2. The molecule has 5 nitrogen and oxygen atoms in total. The van der Waals surface area contributed by atoms with Crippen LogP contribution in [0.2, 0.25) is 0 Å². The van der Waals surface area contributed by atoms with Crippen molar-refractivity contribution in [3.05, 3.63) is 12.2 Å². The van der Waals surface area contributed by atoms with Crippen molar-refractivity contribution in [3.8, 4) is 0 Å². The first-order valence-electron chi connectivity index (χ1n) is 11.6. The van der Waals surface area contributed by atoms with Crippen molar-refractivity contribution in [1.82, 2.24) is 0 Å². The molecule has 6 atom stereocenters. The third-order valence-electron chi connectivity index (χ3n) is 8.85. The average Bonchev–Trinajstić information content (AvgIpc) is 2.63. The van der Waals surface area contributed by atoms with Gasteiger partial charge in [-0.15, -0.1) is 0 Å². The summed E-state index contributed by atoms with van der Waals surface area (Å²) in [6.45, 7) is 14.7. The van der Waals surface area contributed by atoms with Crippen molar-refractivity contribution in [3.63, 3.8) is 0 Å². The van der Waals surface area contributed by atoms with Crippen LogP contribution < -0.4 is 0 Å². The second-order valence-electron chi connectivity index (χ2n) is 11.2. The topological polar surface area (TPSA) is 72.8 Å². The van der Waals surface area contributed by atoms with Crippen molar-refractivity contribution in [2.75, 3.05) is 13.2 Å². The van der Waals surface area contributed by atoms with Crippen molar-refractivity contribution in [2.24, 2.45) is 34.0 Å². The fraction of sp³-hybridized carbons (Fsp3) is 0.840. The number of ether oxygens (including phenoxy) is 2. The Morgan fingerprint density at radius 2 is 1.80 bits per heavy atom. The fourth-order valence-electron chi connectivity index (χ4n) is 7.68. The summed E-state index contributed by atoms with van der Waals surface area (Å²) < 4.78 is 10.6. The third kappa shape index (κ3) is 3.94. The summed E-state index contributed by atoms with van der Waals surface area (Å²) in [5.74, 6) is 0.0343. The number of fused-ring (bicyclic) bond motifs is 3. The van der Waals surface area contributed by atoms with Crippen molar-refractivity contribution in [2.45, 2.75) is 85.7 Å². The molecule has 0 radical (unpaired) electrons. The highest BCUT2D eigenvalue weighted by molar-refractivity contribution is 5.77. The molecule has 3 rings (SSSR count). The summed E-state index contributed by atoms with van der Waals surface area (Å²) >= 11 is 0. The number of rotatable bonds is 5. The van der Waals surface area contributed by atoms with E-state index in [9.17, 15) is 14.7 Å². The molecule has 0 aromatic carbocycles. The molecule has 5 heteroatoms. The standard InChI is InChI=1S/C25H40O5/c1-16-8-9-20-24(5)12-7-11-23(3,4)19(24)10-13-25(20,6)21(16)22(28)29-15-18(14-26)30-17(2)27/h18-21,26H,1,7-15H2,2-6H3/t18-,19?,20?,21+,24+,25-/m0/s1. The minimum atomic E-state index is -0.820. The average molecular weight is 421 g/mol. The van der Waals surface area contributed by atoms with Gasteiger partial charge in [0.2, 0.25) is 0 Å². The summed E-state index contributed by atoms with van der Waals surface area (Å²) in [7, 11) is 0. The van der Waals surface area contributed by atoms with E-state index in [-0.39, 0.29) is 35.9 Å². The molecule has 170 valence electrons. The van der Waals surface area contributed by atoms with E-state index in [0.29, 0.717) is 17.3 Å². The molecule has 1 N–H and O–H groups in total. The van der Waals surface area contributed by atoms with E-state index in [0.717, 1.165) is 31.3 Å². The van der Waals surface area contributed by atoms with Crippen LogP contribution in [0.1, 0.15) is 79.6 Å². The monoisotopic (exact) mass is 420 g/mol. The number of carbonyl (C=O) groups is 2. The molecule has 0 aliphatic heterocycles. The molecule has 0 saturated heterocycles. The number of hydrogen-bond donors (Lipinski definition) is 1. The maximum atomic E-state index is 13.3. The molecule has 0 spiro atoms. The van der Waals surface area contributed by atoms with Gasteiger partial charge in [0.1, 0.15) is 6.61 Å². The molecule has 30 heavy (non-hydrogen) atoms. The Kier molecular flexibility index (Phi) is 6.44. The lowest BCUT2D eigenvalue weighted by atomic mass is 9.39. The first-order valence-corrected chi connectivity index (χ1v) is 11.6. The van der Waals surface area contributed by atoms with E-state index >= 15 is 0 Å². The molecule has 3 fully saturated rings. The van der Waals surface area contributed by atoms with Crippen LogP contribution in [0.4, 0.5) is 0 Å². The maximum absolute atomic E-state index is 13.3. The molecular weight excluding hydrogens is 380 g/mol. The third-order valence-corrected chi connectivity index (χ3v) is 8.85. The number of esters is 2. The molecule has 2 unspecified atom stereocenters. The van der Waals surface area contributed by atoms with Gasteiger partial charge < -0.3 is 14.6 Å².